The van der Waals surface area contributed by atoms with Gasteiger partial charge in [0.1, 0.15) is 0 Å². The van der Waals surface area contributed by atoms with E-state index < -0.39 is 4.92 Å². The molecule has 0 aliphatic carbocycles. The van der Waals surface area contributed by atoms with E-state index in [2.05, 4.69) is 40.6 Å². The van der Waals surface area contributed by atoms with Crippen molar-refractivity contribution < 1.29 is 9.72 Å². The Bertz CT molecular complexity index is 1340. The number of aromatic amines is 1. The number of carbonyl (C=O) groups excluding carboxylic acids is 1. The molecule has 0 radical (unpaired) electrons. The van der Waals surface area contributed by atoms with E-state index in [0.717, 1.165) is 27.7 Å². The molecule has 7 heteroatoms. The molecule has 1 amide bonds. The maximum atomic E-state index is 12.6. The van der Waals surface area contributed by atoms with Crippen LogP contribution in [-0.4, -0.2) is 36.5 Å². The summed E-state index contributed by atoms with van der Waals surface area (Å²) in [6.07, 6.45) is 4.80. The number of para-hydroxylation sites is 2. The van der Waals surface area contributed by atoms with Gasteiger partial charge in [-0.1, -0.05) is 42.5 Å². The Morgan fingerprint density at radius 3 is 2.50 bits per heavy atom. The molecule has 7 nitrogen and oxygen atoms in total. The Morgan fingerprint density at radius 2 is 1.76 bits per heavy atom. The number of anilines is 1. The van der Waals surface area contributed by atoms with Crippen molar-refractivity contribution >= 4 is 34.3 Å². The van der Waals surface area contributed by atoms with Gasteiger partial charge in [0.25, 0.3) is 5.69 Å². The molecular formula is C27H26N4O3. The molecule has 0 aliphatic heterocycles. The van der Waals surface area contributed by atoms with Crippen LogP contribution in [0, 0.1) is 10.1 Å². The van der Waals surface area contributed by atoms with Gasteiger partial charge in [0, 0.05) is 61.5 Å². The van der Waals surface area contributed by atoms with Gasteiger partial charge in [-0.05, 0) is 41.5 Å². The highest BCUT2D eigenvalue weighted by Crippen LogP contribution is 2.31. The molecule has 0 saturated carbocycles. The number of fused-ring (bicyclic) bond motifs is 1. The molecule has 2 N–H and O–H groups in total. The topological polar surface area (TPSA) is 91.3 Å². The molecule has 0 saturated heterocycles. The van der Waals surface area contributed by atoms with Gasteiger partial charge in [0.15, 0.2) is 0 Å². The Labute approximate surface area is 197 Å². The van der Waals surface area contributed by atoms with Gasteiger partial charge in [-0.25, -0.2) is 0 Å². The Hall–Kier alpha value is -4.39. The molecular weight excluding hydrogens is 428 g/mol. The average Bonchev–Trinajstić information content (AvgIpc) is 3.27. The van der Waals surface area contributed by atoms with Crippen LogP contribution < -0.4 is 10.2 Å². The number of benzene rings is 3. The van der Waals surface area contributed by atoms with Gasteiger partial charge >= 0.3 is 0 Å². The summed E-state index contributed by atoms with van der Waals surface area (Å²) in [6, 6.07) is 22.7. The summed E-state index contributed by atoms with van der Waals surface area (Å²) in [6.45, 7) is 0.378. The predicted molar refractivity (Wildman–Crippen MR) is 136 cm³/mol. The van der Waals surface area contributed by atoms with Gasteiger partial charge < -0.3 is 15.2 Å². The van der Waals surface area contributed by atoms with Crippen molar-refractivity contribution in [1.29, 1.82) is 0 Å². The van der Waals surface area contributed by atoms with Gasteiger partial charge in [-0.3, -0.25) is 14.9 Å². The minimum Gasteiger partial charge on any atom is -0.378 e. The summed E-state index contributed by atoms with van der Waals surface area (Å²) in [5, 5.41) is 15.3. The summed E-state index contributed by atoms with van der Waals surface area (Å²) < 4.78 is 0. The number of hydrogen-bond acceptors (Lipinski definition) is 4. The lowest BCUT2D eigenvalue weighted by Gasteiger charge is -2.19. The molecule has 1 aromatic heterocycles. The van der Waals surface area contributed by atoms with E-state index in [-0.39, 0.29) is 17.5 Å². The monoisotopic (exact) mass is 454 g/mol. The SMILES string of the molecule is CN(C)c1ccc(C(CNC(=O)C=Cc2ccccc2[N+](=O)[O-])c2c[nH]c3ccccc23)cc1. The fourth-order valence-electron chi connectivity index (χ4n) is 4.02. The molecule has 1 heterocycles. The molecule has 0 bridgehead atoms. The first-order chi connectivity index (χ1) is 16.4. The number of amides is 1. The molecule has 172 valence electrons. The number of hydrogen-bond donors (Lipinski definition) is 2. The fraction of sp³-hybridized carbons (Fsp3) is 0.148. The van der Waals surface area contributed by atoms with E-state index in [1.807, 2.05) is 43.4 Å². The third kappa shape index (κ3) is 4.99. The Kier molecular flexibility index (Phi) is 6.73. The van der Waals surface area contributed by atoms with Crippen LogP contribution in [0.5, 0.6) is 0 Å². The van der Waals surface area contributed by atoms with Gasteiger partial charge in [-0.15, -0.1) is 0 Å². The third-order valence-corrected chi connectivity index (χ3v) is 5.84. The lowest BCUT2D eigenvalue weighted by Crippen LogP contribution is -2.27. The molecule has 3 aromatic carbocycles. The minimum absolute atomic E-state index is 0.0378. The second-order valence-corrected chi connectivity index (χ2v) is 8.22. The highest BCUT2D eigenvalue weighted by atomic mass is 16.6. The lowest BCUT2D eigenvalue weighted by atomic mass is 9.90. The first-order valence-corrected chi connectivity index (χ1v) is 11.0. The Morgan fingerprint density at radius 1 is 1.06 bits per heavy atom. The number of aromatic nitrogens is 1. The van der Waals surface area contributed by atoms with Crippen LogP contribution in [-0.2, 0) is 4.79 Å². The summed E-state index contributed by atoms with van der Waals surface area (Å²) in [4.78, 5) is 28.7. The zero-order valence-corrected chi connectivity index (χ0v) is 19.1. The number of nitro benzene ring substituents is 1. The predicted octanol–water partition coefficient (Wildman–Crippen LogP) is 5.10. The normalized spacial score (nSPS) is 12.1. The quantitative estimate of drug-likeness (QED) is 0.220. The zero-order valence-electron chi connectivity index (χ0n) is 19.1. The van der Waals surface area contributed by atoms with Crippen molar-refractivity contribution in [3.05, 3.63) is 112 Å². The number of nitrogens with zero attached hydrogens (tertiary/aromatic N) is 2. The van der Waals surface area contributed by atoms with Crippen LogP contribution in [0.3, 0.4) is 0 Å². The maximum Gasteiger partial charge on any atom is 0.276 e. The van der Waals surface area contributed by atoms with Gasteiger partial charge in [0.05, 0.1) is 10.5 Å². The minimum atomic E-state index is -0.456. The summed E-state index contributed by atoms with van der Waals surface area (Å²) in [7, 11) is 3.99. The third-order valence-electron chi connectivity index (χ3n) is 5.84. The average molecular weight is 455 g/mol. The highest BCUT2D eigenvalue weighted by Gasteiger charge is 2.19. The standard InChI is InChI=1S/C27H26N4O3/c1-30(2)21-14-11-19(12-15-21)23(24-18-28-25-9-5-4-8-22(24)25)17-29-27(32)16-13-20-7-3-6-10-26(20)31(33)34/h3-16,18,23,28H,17H2,1-2H3,(H,29,32). The van der Waals surface area contributed by atoms with E-state index in [9.17, 15) is 14.9 Å². The van der Waals surface area contributed by atoms with E-state index in [1.165, 1.54) is 18.2 Å². The van der Waals surface area contributed by atoms with Crippen molar-refractivity contribution in [3.8, 4) is 0 Å². The number of nitro groups is 1. The van der Waals surface area contributed by atoms with E-state index >= 15 is 0 Å². The second kappa shape index (κ2) is 10.0. The van der Waals surface area contributed by atoms with E-state index in [0.29, 0.717) is 12.1 Å². The van der Waals surface area contributed by atoms with Crippen LogP contribution in [0.25, 0.3) is 17.0 Å². The highest BCUT2D eigenvalue weighted by molar-refractivity contribution is 5.92. The van der Waals surface area contributed by atoms with Crippen molar-refractivity contribution in [3.63, 3.8) is 0 Å². The Balaban J connectivity index is 1.58. The molecule has 4 rings (SSSR count). The molecule has 0 aliphatic rings. The molecule has 0 fully saturated rings. The van der Waals surface area contributed by atoms with Crippen LogP contribution in [0.2, 0.25) is 0 Å². The summed E-state index contributed by atoms with van der Waals surface area (Å²) in [5.74, 6) is -0.385. The molecule has 4 aromatic rings. The second-order valence-electron chi connectivity index (χ2n) is 8.22. The molecule has 34 heavy (non-hydrogen) atoms. The van der Waals surface area contributed by atoms with Gasteiger partial charge in [-0.2, -0.15) is 0 Å². The van der Waals surface area contributed by atoms with E-state index in [1.54, 1.807) is 18.2 Å². The largest absolute Gasteiger partial charge is 0.378 e. The van der Waals surface area contributed by atoms with E-state index in [4.69, 9.17) is 0 Å². The van der Waals surface area contributed by atoms with Crippen LogP contribution in [0.1, 0.15) is 22.6 Å². The van der Waals surface area contributed by atoms with Crippen LogP contribution in [0.4, 0.5) is 11.4 Å². The zero-order chi connectivity index (χ0) is 24.1. The van der Waals surface area contributed by atoms with Crippen molar-refractivity contribution in [2.45, 2.75) is 5.92 Å². The van der Waals surface area contributed by atoms with Crippen molar-refractivity contribution in [2.24, 2.45) is 0 Å². The van der Waals surface area contributed by atoms with Crippen molar-refractivity contribution in [1.82, 2.24) is 10.3 Å². The summed E-state index contributed by atoms with van der Waals surface area (Å²) in [5.41, 5.74) is 4.65. The van der Waals surface area contributed by atoms with Gasteiger partial charge in [0.2, 0.25) is 5.91 Å². The van der Waals surface area contributed by atoms with Crippen molar-refractivity contribution in [2.75, 3.05) is 25.5 Å². The number of rotatable bonds is 8. The van der Waals surface area contributed by atoms with Crippen LogP contribution in [0.15, 0.2) is 85.1 Å². The number of H-pyrrole nitrogens is 1. The molecule has 1 atom stereocenters. The maximum absolute atomic E-state index is 12.6. The first-order valence-electron chi connectivity index (χ1n) is 11.0. The number of nitrogens with one attached hydrogen (secondary N) is 2. The number of carbonyl (C=O) groups is 1. The first kappa shape index (κ1) is 22.8. The lowest BCUT2D eigenvalue weighted by molar-refractivity contribution is -0.385. The van der Waals surface area contributed by atoms with Crippen LogP contribution >= 0.6 is 0 Å². The molecule has 0 spiro atoms. The smallest absolute Gasteiger partial charge is 0.276 e. The summed E-state index contributed by atoms with van der Waals surface area (Å²) >= 11 is 0. The molecule has 1 unspecified atom stereocenters. The fourth-order valence-corrected chi connectivity index (χ4v) is 4.02.